The summed E-state index contributed by atoms with van der Waals surface area (Å²) >= 11 is 5.93. The molecule has 1 spiro atoms. The Balaban J connectivity index is 1.84. The normalized spacial score (nSPS) is 23.9. The minimum atomic E-state index is -4.28. The van der Waals surface area contributed by atoms with E-state index in [2.05, 4.69) is 5.32 Å². The fourth-order valence-corrected chi connectivity index (χ4v) is 2.89. The van der Waals surface area contributed by atoms with Crippen molar-refractivity contribution in [1.29, 1.82) is 0 Å². The Morgan fingerprint density at radius 2 is 2.10 bits per heavy atom. The summed E-state index contributed by atoms with van der Waals surface area (Å²) in [6.07, 6.45) is -4.48. The van der Waals surface area contributed by atoms with E-state index >= 15 is 0 Å². The molecule has 7 heteroatoms. The van der Waals surface area contributed by atoms with Gasteiger partial charge in [0.25, 0.3) is 0 Å². The summed E-state index contributed by atoms with van der Waals surface area (Å²) in [7, 11) is 0. The van der Waals surface area contributed by atoms with Gasteiger partial charge in [-0.3, -0.25) is 10.1 Å². The molecule has 0 radical (unpaired) electrons. The first-order chi connectivity index (χ1) is 9.81. The maximum Gasteiger partial charge on any atom is 0.390 e. The van der Waals surface area contributed by atoms with Gasteiger partial charge >= 0.3 is 6.18 Å². The molecule has 1 unspecified atom stereocenters. The predicted octanol–water partition coefficient (Wildman–Crippen LogP) is 3.26. The van der Waals surface area contributed by atoms with Gasteiger partial charge in [-0.15, -0.1) is 0 Å². The molecule has 2 aliphatic rings. The van der Waals surface area contributed by atoms with E-state index in [0.717, 1.165) is 0 Å². The molecule has 1 aliphatic carbocycles. The zero-order chi connectivity index (χ0) is 15.3. The van der Waals surface area contributed by atoms with Crippen molar-refractivity contribution in [1.82, 2.24) is 10.2 Å². The summed E-state index contributed by atoms with van der Waals surface area (Å²) < 4.78 is 37.4. The summed E-state index contributed by atoms with van der Waals surface area (Å²) in [5, 5.41) is 3.67. The lowest BCUT2D eigenvalue weighted by Gasteiger charge is -2.25. The zero-order valence-corrected chi connectivity index (χ0v) is 11.8. The van der Waals surface area contributed by atoms with Crippen LogP contribution in [0.15, 0.2) is 24.3 Å². The predicted molar refractivity (Wildman–Crippen MR) is 71.7 cm³/mol. The van der Waals surface area contributed by atoms with Gasteiger partial charge in [0.15, 0.2) is 0 Å². The summed E-state index contributed by atoms with van der Waals surface area (Å²) in [4.78, 5) is 13.6. The van der Waals surface area contributed by atoms with Crippen molar-refractivity contribution in [2.45, 2.75) is 37.1 Å². The topological polar surface area (TPSA) is 32.3 Å². The maximum absolute atomic E-state index is 12.5. The van der Waals surface area contributed by atoms with Gasteiger partial charge in [0.05, 0.1) is 6.42 Å². The second kappa shape index (κ2) is 4.88. The lowest BCUT2D eigenvalue weighted by molar-refractivity contribution is -0.145. The first-order valence-corrected chi connectivity index (χ1v) is 7.10. The fraction of sp³-hybridized carbons (Fsp3) is 0.500. The van der Waals surface area contributed by atoms with Crippen LogP contribution in [0.1, 0.15) is 31.0 Å². The summed E-state index contributed by atoms with van der Waals surface area (Å²) in [5.41, 5.74) is 0.0558. The molecule has 1 aromatic carbocycles. The van der Waals surface area contributed by atoms with Crippen molar-refractivity contribution in [2.75, 3.05) is 6.54 Å². The van der Waals surface area contributed by atoms with Crippen LogP contribution in [0.3, 0.4) is 0 Å². The van der Waals surface area contributed by atoms with Gasteiger partial charge < -0.3 is 4.90 Å². The summed E-state index contributed by atoms with van der Waals surface area (Å²) in [5.74, 6) is -0.239. The fourth-order valence-electron chi connectivity index (χ4n) is 2.69. The molecule has 0 bridgehead atoms. The number of hydrogen-bond donors (Lipinski definition) is 1. The van der Waals surface area contributed by atoms with E-state index < -0.39 is 24.3 Å². The molecule has 0 aromatic heterocycles. The minimum absolute atomic E-state index is 0.239. The molecule has 1 N–H and O–H groups in total. The second-order valence-electron chi connectivity index (χ2n) is 5.55. The Hall–Kier alpha value is -1.27. The zero-order valence-electron chi connectivity index (χ0n) is 11.1. The number of halogens is 4. The Bertz CT molecular complexity index is 572. The van der Waals surface area contributed by atoms with Crippen LogP contribution < -0.4 is 5.32 Å². The smallest absolute Gasteiger partial charge is 0.321 e. The molecule has 114 valence electrons. The third-order valence-corrected chi connectivity index (χ3v) is 4.18. The number of hydrogen-bond acceptors (Lipinski definition) is 2. The lowest BCUT2D eigenvalue weighted by Crippen LogP contribution is -2.34. The highest BCUT2D eigenvalue weighted by atomic mass is 35.5. The number of alkyl halides is 3. The molecule has 1 atom stereocenters. The van der Waals surface area contributed by atoms with Crippen molar-refractivity contribution < 1.29 is 18.0 Å². The minimum Gasteiger partial charge on any atom is -0.321 e. The van der Waals surface area contributed by atoms with Crippen molar-refractivity contribution in [3.63, 3.8) is 0 Å². The Kier molecular flexibility index (Phi) is 3.41. The quantitative estimate of drug-likeness (QED) is 0.928. The standard InChI is InChI=1S/C14H14ClF3N2O/c15-10-3-1-2-9(8-10)11-19-13(4-5-13)12(21)20(11)7-6-14(16,17)18/h1-3,8,11,19H,4-7H2. The number of benzene rings is 1. The van der Waals surface area contributed by atoms with Crippen LogP contribution in [0.25, 0.3) is 0 Å². The summed E-state index contributed by atoms with van der Waals surface area (Å²) in [6, 6.07) is 6.85. The number of nitrogens with zero attached hydrogens (tertiary/aromatic N) is 1. The van der Waals surface area contributed by atoms with Gasteiger partial charge in [0, 0.05) is 11.6 Å². The molecule has 1 saturated heterocycles. The van der Waals surface area contributed by atoms with Crippen molar-refractivity contribution >= 4 is 17.5 Å². The molecular formula is C14H14ClF3N2O. The van der Waals surface area contributed by atoms with Gasteiger partial charge in [-0.1, -0.05) is 23.7 Å². The van der Waals surface area contributed by atoms with Crippen molar-refractivity contribution in [2.24, 2.45) is 0 Å². The van der Waals surface area contributed by atoms with Crippen LogP contribution in [0.2, 0.25) is 5.02 Å². The first-order valence-electron chi connectivity index (χ1n) is 6.72. The molecule has 1 amide bonds. The number of carbonyl (C=O) groups excluding carboxylic acids is 1. The van der Waals surface area contributed by atoms with Crippen LogP contribution >= 0.6 is 11.6 Å². The van der Waals surface area contributed by atoms with Gasteiger partial charge in [-0.25, -0.2) is 0 Å². The van der Waals surface area contributed by atoms with E-state index in [1.807, 2.05) is 0 Å². The average Bonchev–Trinajstić information content (AvgIpc) is 3.11. The molecule has 2 fully saturated rings. The van der Waals surface area contributed by atoms with Crippen LogP contribution in [0, 0.1) is 0 Å². The second-order valence-corrected chi connectivity index (χ2v) is 5.98. The molecule has 21 heavy (non-hydrogen) atoms. The van der Waals surface area contributed by atoms with Crippen LogP contribution in [0.5, 0.6) is 0 Å². The molecule has 3 nitrogen and oxygen atoms in total. The summed E-state index contributed by atoms with van der Waals surface area (Å²) in [6.45, 7) is -0.339. The van der Waals surface area contributed by atoms with Crippen LogP contribution in [-0.2, 0) is 4.79 Å². The van der Waals surface area contributed by atoms with Gasteiger partial charge in [-0.2, -0.15) is 13.2 Å². The monoisotopic (exact) mass is 318 g/mol. The maximum atomic E-state index is 12.5. The average molecular weight is 319 g/mol. The Labute approximate surface area is 125 Å². The van der Waals surface area contributed by atoms with Gasteiger partial charge in [-0.05, 0) is 30.5 Å². The van der Waals surface area contributed by atoms with Gasteiger partial charge in [0.1, 0.15) is 11.7 Å². The highest BCUT2D eigenvalue weighted by Crippen LogP contribution is 2.46. The number of rotatable bonds is 3. The highest BCUT2D eigenvalue weighted by Gasteiger charge is 2.59. The molecule has 3 rings (SSSR count). The van der Waals surface area contributed by atoms with Crippen LogP contribution in [-0.4, -0.2) is 29.1 Å². The van der Waals surface area contributed by atoms with E-state index in [-0.39, 0.29) is 12.5 Å². The number of carbonyl (C=O) groups is 1. The Morgan fingerprint density at radius 3 is 2.67 bits per heavy atom. The molecular weight excluding hydrogens is 305 g/mol. The molecule has 1 aromatic rings. The Morgan fingerprint density at radius 1 is 1.38 bits per heavy atom. The highest BCUT2D eigenvalue weighted by molar-refractivity contribution is 6.30. The van der Waals surface area contributed by atoms with E-state index in [4.69, 9.17) is 11.6 Å². The van der Waals surface area contributed by atoms with E-state index in [9.17, 15) is 18.0 Å². The third kappa shape index (κ3) is 2.87. The number of amides is 1. The van der Waals surface area contributed by atoms with E-state index in [0.29, 0.717) is 23.4 Å². The SMILES string of the molecule is O=C1N(CCC(F)(F)F)C(c2cccc(Cl)c2)NC12CC2. The molecule has 1 heterocycles. The van der Waals surface area contributed by atoms with Crippen molar-refractivity contribution in [3.8, 4) is 0 Å². The van der Waals surface area contributed by atoms with Gasteiger partial charge in [0.2, 0.25) is 5.91 Å². The first kappa shape index (κ1) is 14.7. The lowest BCUT2D eigenvalue weighted by atomic mass is 10.1. The molecule has 1 aliphatic heterocycles. The van der Waals surface area contributed by atoms with E-state index in [1.165, 1.54) is 4.90 Å². The van der Waals surface area contributed by atoms with E-state index in [1.54, 1.807) is 24.3 Å². The largest absolute Gasteiger partial charge is 0.390 e. The molecule has 1 saturated carbocycles. The van der Waals surface area contributed by atoms with Crippen molar-refractivity contribution in [3.05, 3.63) is 34.9 Å². The van der Waals surface area contributed by atoms with Crippen LogP contribution in [0.4, 0.5) is 13.2 Å². The number of nitrogens with one attached hydrogen (secondary N) is 1. The third-order valence-electron chi connectivity index (χ3n) is 3.95.